The van der Waals surface area contributed by atoms with E-state index in [0.717, 1.165) is 3.57 Å². The molecule has 0 bridgehead atoms. The number of hydrogen-bond donors (Lipinski definition) is 0. The molecule has 0 N–H and O–H groups in total. The van der Waals surface area contributed by atoms with E-state index >= 15 is 0 Å². The van der Waals surface area contributed by atoms with Gasteiger partial charge in [0, 0.05) is 28.1 Å². The van der Waals surface area contributed by atoms with Gasteiger partial charge in [0.25, 0.3) is 11.6 Å². The van der Waals surface area contributed by atoms with E-state index in [0.29, 0.717) is 11.5 Å². The number of para-hydroxylation sites is 1. The molecule has 1 aromatic carbocycles. The summed E-state index contributed by atoms with van der Waals surface area (Å²) in [5.74, 6) is -0.627. The molecule has 0 radical (unpaired) electrons. The average Bonchev–Trinajstić information content (AvgIpc) is 2.32. The molecule has 0 saturated carbocycles. The molecule has 1 aliphatic heterocycles. The highest BCUT2D eigenvalue weighted by Crippen LogP contribution is 2.45. The maximum absolute atomic E-state index is 5.93. The number of hydrogen-bond acceptors (Lipinski definition) is 4. The van der Waals surface area contributed by atoms with Crippen molar-refractivity contribution in [3.63, 3.8) is 0 Å². The van der Waals surface area contributed by atoms with Crippen molar-refractivity contribution in [2.24, 2.45) is 0 Å². The van der Waals surface area contributed by atoms with E-state index in [9.17, 15) is 0 Å². The first-order chi connectivity index (χ1) is 7.96. The predicted octanol–water partition coefficient (Wildman–Crippen LogP) is 2.79. The van der Waals surface area contributed by atoms with Crippen molar-refractivity contribution < 1.29 is 18.9 Å². The summed E-state index contributed by atoms with van der Waals surface area (Å²) < 4.78 is 23.6. The fourth-order valence-corrected chi connectivity index (χ4v) is 2.30. The van der Waals surface area contributed by atoms with Crippen LogP contribution in [-0.4, -0.2) is 25.8 Å². The van der Waals surface area contributed by atoms with Crippen molar-refractivity contribution >= 4 is 22.6 Å². The zero-order valence-corrected chi connectivity index (χ0v) is 12.4. The summed E-state index contributed by atoms with van der Waals surface area (Å²) in [6.07, 6.45) is 0. The molecule has 1 heterocycles. The van der Waals surface area contributed by atoms with Crippen molar-refractivity contribution in [3.8, 4) is 11.5 Å². The van der Waals surface area contributed by atoms with E-state index < -0.39 is 11.6 Å². The van der Waals surface area contributed by atoms with Crippen LogP contribution in [0.2, 0.25) is 0 Å². The molecule has 1 aromatic rings. The lowest BCUT2D eigenvalue weighted by molar-refractivity contribution is -0.345. The molecule has 4 nitrogen and oxygen atoms in total. The van der Waals surface area contributed by atoms with E-state index in [2.05, 4.69) is 22.6 Å². The van der Waals surface area contributed by atoms with Crippen LogP contribution in [0.15, 0.2) is 18.2 Å². The first kappa shape index (κ1) is 12.9. The summed E-state index contributed by atoms with van der Waals surface area (Å²) in [7, 11) is 3.14. The van der Waals surface area contributed by atoms with Crippen molar-refractivity contribution in [2.75, 3.05) is 14.2 Å². The van der Waals surface area contributed by atoms with Crippen LogP contribution in [0.5, 0.6) is 11.5 Å². The molecule has 0 saturated heterocycles. The van der Waals surface area contributed by atoms with Gasteiger partial charge in [-0.15, -0.1) is 0 Å². The van der Waals surface area contributed by atoms with Crippen LogP contribution in [0.4, 0.5) is 0 Å². The summed E-state index contributed by atoms with van der Waals surface area (Å²) in [5, 5.41) is 0. The lowest BCUT2D eigenvalue weighted by Gasteiger charge is -2.46. The van der Waals surface area contributed by atoms with Crippen LogP contribution < -0.4 is 9.47 Å². The summed E-state index contributed by atoms with van der Waals surface area (Å²) >= 11 is 2.20. The topological polar surface area (TPSA) is 36.9 Å². The molecule has 2 rings (SSSR count). The summed E-state index contributed by atoms with van der Waals surface area (Å²) in [5.41, 5.74) is 0. The summed E-state index contributed by atoms with van der Waals surface area (Å²) in [6.45, 7) is 3.59. The average molecular weight is 350 g/mol. The van der Waals surface area contributed by atoms with Crippen LogP contribution in [0.25, 0.3) is 0 Å². The zero-order valence-electron chi connectivity index (χ0n) is 10.2. The van der Waals surface area contributed by atoms with Crippen LogP contribution >= 0.6 is 22.6 Å². The molecule has 0 amide bonds. The first-order valence-electron chi connectivity index (χ1n) is 5.22. The number of methoxy groups -OCH3 is 2. The molecular formula is C12H15IO4. The van der Waals surface area contributed by atoms with Crippen LogP contribution in [0.1, 0.15) is 13.8 Å². The Bertz CT molecular complexity index is 437. The second-order valence-electron chi connectivity index (χ2n) is 4.07. The van der Waals surface area contributed by atoms with Gasteiger partial charge in [-0.2, -0.15) is 0 Å². The number of halogens is 1. The quantitative estimate of drug-likeness (QED) is 0.769. The summed E-state index contributed by atoms with van der Waals surface area (Å²) in [6, 6.07) is 5.72. The molecule has 94 valence electrons. The Morgan fingerprint density at radius 1 is 1.06 bits per heavy atom. The first-order valence-corrected chi connectivity index (χ1v) is 6.30. The lowest BCUT2D eigenvalue weighted by atomic mass is 10.1. The molecule has 5 heteroatoms. The Balaban J connectivity index is 2.52. The Kier molecular flexibility index (Phi) is 3.26. The lowest BCUT2D eigenvalue weighted by Crippen LogP contribution is -2.62. The monoisotopic (exact) mass is 350 g/mol. The van der Waals surface area contributed by atoms with Gasteiger partial charge in [-0.1, -0.05) is 6.07 Å². The van der Waals surface area contributed by atoms with Gasteiger partial charge in [0.05, 0.1) is 3.57 Å². The number of ether oxygens (including phenoxy) is 4. The van der Waals surface area contributed by atoms with Crippen LogP contribution in [0, 0.1) is 3.57 Å². The van der Waals surface area contributed by atoms with Crippen LogP contribution in [0.3, 0.4) is 0 Å². The molecule has 2 atom stereocenters. The predicted molar refractivity (Wildman–Crippen MR) is 71.2 cm³/mol. The highest BCUT2D eigenvalue weighted by molar-refractivity contribution is 14.1. The minimum Gasteiger partial charge on any atom is -0.452 e. The highest BCUT2D eigenvalue weighted by Gasteiger charge is 2.54. The Morgan fingerprint density at radius 3 is 2.24 bits per heavy atom. The van der Waals surface area contributed by atoms with Gasteiger partial charge in [-0.25, -0.2) is 0 Å². The molecular weight excluding hydrogens is 335 g/mol. The minimum absolute atomic E-state index is 0.663. The van der Waals surface area contributed by atoms with E-state index in [4.69, 9.17) is 18.9 Å². The van der Waals surface area contributed by atoms with E-state index in [1.807, 2.05) is 18.2 Å². The van der Waals surface area contributed by atoms with Gasteiger partial charge >= 0.3 is 0 Å². The molecule has 0 aliphatic carbocycles. The molecule has 17 heavy (non-hydrogen) atoms. The minimum atomic E-state index is -0.990. The third-order valence-corrected chi connectivity index (χ3v) is 3.99. The molecule has 1 aliphatic rings. The fourth-order valence-electron chi connectivity index (χ4n) is 1.71. The van der Waals surface area contributed by atoms with Gasteiger partial charge < -0.3 is 18.9 Å². The van der Waals surface area contributed by atoms with Gasteiger partial charge in [0.2, 0.25) is 0 Å². The smallest absolute Gasteiger partial charge is 0.273 e. The molecule has 0 spiro atoms. The summed E-state index contributed by atoms with van der Waals surface area (Å²) in [4.78, 5) is 0. The van der Waals surface area contributed by atoms with Gasteiger partial charge in [-0.3, -0.25) is 0 Å². The number of benzene rings is 1. The Hall–Kier alpha value is -0.530. The normalized spacial score (nSPS) is 31.4. The van der Waals surface area contributed by atoms with E-state index in [1.54, 1.807) is 28.1 Å². The second kappa shape index (κ2) is 4.29. The second-order valence-corrected chi connectivity index (χ2v) is 5.23. The van der Waals surface area contributed by atoms with Crippen molar-refractivity contribution in [2.45, 2.75) is 25.4 Å². The fraction of sp³-hybridized carbons (Fsp3) is 0.500. The standard InChI is InChI=1S/C12H15IO4/c1-11(14-3)12(2,15-4)17-10-8(13)6-5-7-9(10)16-11/h5-7H,1-4H3. The van der Waals surface area contributed by atoms with Gasteiger partial charge in [-0.05, 0) is 34.7 Å². The maximum atomic E-state index is 5.93. The van der Waals surface area contributed by atoms with Gasteiger partial charge in [0.1, 0.15) is 0 Å². The molecule has 0 fully saturated rings. The molecule has 2 unspecified atom stereocenters. The van der Waals surface area contributed by atoms with Crippen molar-refractivity contribution in [1.82, 2.24) is 0 Å². The van der Waals surface area contributed by atoms with Crippen molar-refractivity contribution in [1.29, 1.82) is 0 Å². The maximum Gasteiger partial charge on any atom is 0.273 e. The number of rotatable bonds is 2. The molecule has 0 aromatic heterocycles. The number of fused-ring (bicyclic) bond motifs is 1. The third-order valence-electron chi connectivity index (χ3n) is 3.14. The Morgan fingerprint density at radius 2 is 1.65 bits per heavy atom. The van der Waals surface area contributed by atoms with Gasteiger partial charge in [0.15, 0.2) is 11.5 Å². The van der Waals surface area contributed by atoms with E-state index in [1.165, 1.54) is 0 Å². The third kappa shape index (κ3) is 1.90. The van der Waals surface area contributed by atoms with Crippen LogP contribution in [-0.2, 0) is 9.47 Å². The van der Waals surface area contributed by atoms with E-state index in [-0.39, 0.29) is 0 Å². The van der Waals surface area contributed by atoms with Crippen molar-refractivity contribution in [3.05, 3.63) is 21.8 Å². The SMILES string of the molecule is COC1(C)Oc2cccc(I)c2OC1(C)OC. The highest BCUT2D eigenvalue weighted by atomic mass is 127. The Labute approximate surface area is 114 Å². The largest absolute Gasteiger partial charge is 0.452 e. The zero-order chi connectivity index (χ0) is 12.7.